The SMILES string of the molecule is NS(=O)(=O)c1ccc(CCNC(=O)Cc2ccc3cc[nH]c3c2)cc1. The van der Waals surface area contributed by atoms with Gasteiger partial charge in [0, 0.05) is 18.3 Å². The number of sulfonamides is 1. The van der Waals surface area contributed by atoms with Crippen LogP contribution in [-0.4, -0.2) is 25.9 Å². The molecule has 1 amide bonds. The van der Waals surface area contributed by atoms with Gasteiger partial charge >= 0.3 is 0 Å². The molecule has 0 bridgehead atoms. The Morgan fingerprint density at radius 2 is 1.76 bits per heavy atom. The smallest absolute Gasteiger partial charge is 0.238 e. The Morgan fingerprint density at radius 3 is 2.48 bits per heavy atom. The molecule has 4 N–H and O–H groups in total. The number of hydrogen-bond acceptors (Lipinski definition) is 3. The fraction of sp³-hybridized carbons (Fsp3) is 0.167. The van der Waals surface area contributed by atoms with Crippen molar-refractivity contribution < 1.29 is 13.2 Å². The predicted octanol–water partition coefficient (Wildman–Crippen LogP) is 1.72. The number of nitrogens with one attached hydrogen (secondary N) is 2. The zero-order valence-corrected chi connectivity index (χ0v) is 14.3. The van der Waals surface area contributed by atoms with Gasteiger partial charge in [-0.25, -0.2) is 13.6 Å². The average molecular weight is 357 g/mol. The van der Waals surface area contributed by atoms with E-state index < -0.39 is 10.0 Å². The molecule has 130 valence electrons. The molecule has 0 aliphatic carbocycles. The fourth-order valence-corrected chi connectivity index (χ4v) is 3.16. The van der Waals surface area contributed by atoms with Crippen molar-refractivity contribution in [2.75, 3.05) is 6.54 Å². The van der Waals surface area contributed by atoms with Crippen molar-refractivity contribution in [1.29, 1.82) is 0 Å². The summed E-state index contributed by atoms with van der Waals surface area (Å²) in [5, 5.41) is 9.05. The second kappa shape index (κ2) is 7.08. The fourth-order valence-electron chi connectivity index (χ4n) is 2.64. The number of nitrogens with two attached hydrogens (primary N) is 1. The third kappa shape index (κ3) is 4.46. The second-order valence-corrected chi connectivity index (χ2v) is 7.43. The third-order valence-corrected chi connectivity index (χ3v) is 4.90. The molecule has 3 aromatic rings. The molecular formula is C18H19N3O3S. The summed E-state index contributed by atoms with van der Waals surface area (Å²) in [7, 11) is -3.67. The van der Waals surface area contributed by atoms with Crippen LogP contribution in [0.1, 0.15) is 11.1 Å². The summed E-state index contributed by atoms with van der Waals surface area (Å²) in [5.41, 5.74) is 2.89. The number of aromatic amines is 1. The van der Waals surface area contributed by atoms with Gasteiger partial charge in [0.15, 0.2) is 0 Å². The van der Waals surface area contributed by atoms with E-state index in [0.717, 1.165) is 22.0 Å². The molecule has 1 aromatic heterocycles. The summed E-state index contributed by atoms with van der Waals surface area (Å²) >= 11 is 0. The lowest BCUT2D eigenvalue weighted by atomic mass is 10.1. The number of fused-ring (bicyclic) bond motifs is 1. The Hall–Kier alpha value is -2.64. The van der Waals surface area contributed by atoms with Gasteiger partial charge in [-0.3, -0.25) is 4.79 Å². The summed E-state index contributed by atoms with van der Waals surface area (Å²) < 4.78 is 22.4. The quantitative estimate of drug-likeness (QED) is 0.625. The molecule has 0 radical (unpaired) electrons. The predicted molar refractivity (Wildman–Crippen MR) is 96.5 cm³/mol. The maximum Gasteiger partial charge on any atom is 0.238 e. The van der Waals surface area contributed by atoms with Gasteiger partial charge < -0.3 is 10.3 Å². The number of carbonyl (C=O) groups excluding carboxylic acids is 1. The Labute approximate surface area is 146 Å². The molecule has 0 atom stereocenters. The topological polar surface area (TPSA) is 105 Å². The number of amides is 1. The summed E-state index contributed by atoms with van der Waals surface area (Å²) in [6.07, 6.45) is 2.81. The molecule has 0 unspecified atom stereocenters. The van der Waals surface area contributed by atoms with Gasteiger partial charge in [-0.2, -0.15) is 0 Å². The summed E-state index contributed by atoms with van der Waals surface area (Å²) in [4.78, 5) is 15.3. The zero-order valence-electron chi connectivity index (χ0n) is 13.5. The lowest BCUT2D eigenvalue weighted by molar-refractivity contribution is -0.120. The zero-order chi connectivity index (χ0) is 17.9. The van der Waals surface area contributed by atoms with Crippen molar-refractivity contribution in [3.63, 3.8) is 0 Å². The second-order valence-electron chi connectivity index (χ2n) is 5.86. The molecule has 0 spiro atoms. The monoisotopic (exact) mass is 357 g/mol. The van der Waals surface area contributed by atoms with E-state index in [1.54, 1.807) is 12.1 Å². The standard InChI is InChI=1S/C18H19N3O3S/c19-25(23,24)16-5-2-13(3-6-16)7-9-21-18(22)12-14-1-4-15-8-10-20-17(15)11-14/h1-6,8,10-11,20H,7,9,12H2,(H,21,22)(H2,19,23,24). The minimum atomic E-state index is -3.67. The normalized spacial score (nSPS) is 11.6. The van der Waals surface area contributed by atoms with Crippen LogP contribution >= 0.6 is 0 Å². The molecule has 7 heteroatoms. The van der Waals surface area contributed by atoms with E-state index in [-0.39, 0.29) is 10.8 Å². The van der Waals surface area contributed by atoms with Crippen molar-refractivity contribution in [3.05, 3.63) is 65.9 Å². The molecule has 3 rings (SSSR count). The van der Waals surface area contributed by atoms with E-state index in [1.165, 1.54) is 12.1 Å². The van der Waals surface area contributed by atoms with Gasteiger partial charge in [0.2, 0.25) is 15.9 Å². The molecule has 2 aromatic carbocycles. The number of aromatic nitrogens is 1. The van der Waals surface area contributed by atoms with E-state index in [9.17, 15) is 13.2 Å². The highest BCUT2D eigenvalue weighted by Gasteiger charge is 2.07. The lowest BCUT2D eigenvalue weighted by Crippen LogP contribution is -2.27. The molecule has 25 heavy (non-hydrogen) atoms. The molecule has 0 saturated heterocycles. The minimum absolute atomic E-state index is 0.0490. The number of benzene rings is 2. The number of carbonyl (C=O) groups is 1. The maximum absolute atomic E-state index is 12.0. The number of hydrogen-bond donors (Lipinski definition) is 3. The first-order valence-electron chi connectivity index (χ1n) is 7.86. The van der Waals surface area contributed by atoms with E-state index >= 15 is 0 Å². The van der Waals surface area contributed by atoms with Crippen LogP contribution in [0.25, 0.3) is 10.9 Å². The van der Waals surface area contributed by atoms with Crippen LogP contribution < -0.4 is 10.5 Å². The molecule has 0 aliphatic heterocycles. The van der Waals surface area contributed by atoms with Gasteiger partial charge in [0.1, 0.15) is 0 Å². The van der Waals surface area contributed by atoms with E-state index in [4.69, 9.17) is 5.14 Å². The van der Waals surface area contributed by atoms with Crippen LogP contribution in [0.5, 0.6) is 0 Å². The Morgan fingerprint density at radius 1 is 1.04 bits per heavy atom. The van der Waals surface area contributed by atoms with Gasteiger partial charge in [-0.15, -0.1) is 0 Å². The van der Waals surface area contributed by atoms with Gasteiger partial charge in [-0.05, 0) is 47.2 Å². The Bertz CT molecular complexity index is 992. The summed E-state index contributed by atoms with van der Waals surface area (Å²) in [6.45, 7) is 0.484. The Kier molecular flexibility index (Phi) is 4.87. The highest BCUT2D eigenvalue weighted by Crippen LogP contribution is 2.14. The van der Waals surface area contributed by atoms with Crippen molar-refractivity contribution in [2.45, 2.75) is 17.7 Å². The minimum Gasteiger partial charge on any atom is -0.361 e. The largest absolute Gasteiger partial charge is 0.361 e. The summed E-state index contributed by atoms with van der Waals surface area (Å²) in [6, 6.07) is 14.2. The van der Waals surface area contributed by atoms with Gasteiger partial charge in [0.25, 0.3) is 0 Å². The molecule has 0 aliphatic rings. The van der Waals surface area contributed by atoms with Gasteiger partial charge in [0.05, 0.1) is 11.3 Å². The van der Waals surface area contributed by atoms with Crippen LogP contribution in [0, 0.1) is 0 Å². The third-order valence-electron chi connectivity index (χ3n) is 3.97. The Balaban J connectivity index is 1.50. The van der Waals surface area contributed by atoms with Crippen molar-refractivity contribution in [2.24, 2.45) is 5.14 Å². The number of primary sulfonamides is 1. The highest BCUT2D eigenvalue weighted by atomic mass is 32.2. The lowest BCUT2D eigenvalue weighted by Gasteiger charge is -2.06. The molecular weight excluding hydrogens is 338 g/mol. The molecule has 1 heterocycles. The van der Waals surface area contributed by atoms with Crippen molar-refractivity contribution >= 4 is 26.8 Å². The molecule has 0 fully saturated rings. The van der Waals surface area contributed by atoms with Crippen LogP contribution in [0.15, 0.2) is 59.6 Å². The summed E-state index contributed by atoms with van der Waals surface area (Å²) in [5.74, 6) is -0.0490. The van der Waals surface area contributed by atoms with Crippen LogP contribution in [0.3, 0.4) is 0 Å². The average Bonchev–Trinajstić information content (AvgIpc) is 3.02. The number of H-pyrrole nitrogens is 1. The first kappa shape index (κ1) is 17.2. The van der Waals surface area contributed by atoms with E-state index in [0.29, 0.717) is 19.4 Å². The first-order valence-corrected chi connectivity index (χ1v) is 9.41. The van der Waals surface area contributed by atoms with Crippen LogP contribution in [-0.2, 0) is 27.7 Å². The van der Waals surface area contributed by atoms with Crippen LogP contribution in [0.2, 0.25) is 0 Å². The number of rotatable bonds is 6. The molecule has 0 saturated carbocycles. The van der Waals surface area contributed by atoms with E-state index in [1.807, 2.05) is 30.5 Å². The van der Waals surface area contributed by atoms with Crippen molar-refractivity contribution in [1.82, 2.24) is 10.3 Å². The highest BCUT2D eigenvalue weighted by molar-refractivity contribution is 7.89. The maximum atomic E-state index is 12.0. The van der Waals surface area contributed by atoms with Crippen LogP contribution in [0.4, 0.5) is 0 Å². The van der Waals surface area contributed by atoms with Gasteiger partial charge in [-0.1, -0.05) is 24.3 Å². The van der Waals surface area contributed by atoms with Crippen molar-refractivity contribution in [3.8, 4) is 0 Å². The van der Waals surface area contributed by atoms with E-state index in [2.05, 4.69) is 10.3 Å². The molecule has 6 nitrogen and oxygen atoms in total. The first-order chi connectivity index (χ1) is 11.9.